The maximum Gasteiger partial charge on any atom is 0.136 e. The zero-order chi connectivity index (χ0) is 14.7. The van der Waals surface area contributed by atoms with Crippen LogP contribution in [-0.4, -0.2) is 12.9 Å². The summed E-state index contributed by atoms with van der Waals surface area (Å²) < 4.78 is 19.0. The van der Waals surface area contributed by atoms with Crippen molar-refractivity contribution in [3.63, 3.8) is 0 Å². The van der Waals surface area contributed by atoms with Crippen molar-refractivity contribution in [3.05, 3.63) is 59.2 Å². The molecule has 0 fully saturated rings. The summed E-state index contributed by atoms with van der Waals surface area (Å²) >= 11 is 0. The molecule has 1 heterocycles. The normalized spacial score (nSPS) is 16.2. The van der Waals surface area contributed by atoms with E-state index in [4.69, 9.17) is 21.6 Å². The van der Waals surface area contributed by atoms with E-state index in [2.05, 4.69) is 5.32 Å². The van der Waals surface area contributed by atoms with E-state index in [0.29, 0.717) is 16.9 Å². The van der Waals surface area contributed by atoms with Crippen molar-refractivity contribution in [3.8, 4) is 5.75 Å². The van der Waals surface area contributed by atoms with Gasteiger partial charge in [0.2, 0.25) is 0 Å². The van der Waals surface area contributed by atoms with Gasteiger partial charge in [-0.1, -0.05) is 0 Å². The minimum absolute atomic E-state index is 0.145. The van der Waals surface area contributed by atoms with Crippen LogP contribution in [0.15, 0.2) is 47.8 Å². The van der Waals surface area contributed by atoms with Gasteiger partial charge in [0, 0.05) is 40.9 Å². The van der Waals surface area contributed by atoms with Crippen molar-refractivity contribution in [2.45, 2.75) is 0 Å². The predicted molar refractivity (Wildman–Crippen MR) is 76.3 cm³/mol. The Morgan fingerprint density at radius 2 is 2.10 bits per heavy atom. The van der Waals surface area contributed by atoms with Crippen LogP contribution < -0.4 is 21.5 Å². The van der Waals surface area contributed by atoms with Gasteiger partial charge in [0.15, 0.2) is 0 Å². The first-order valence-corrected chi connectivity index (χ1v) is 5.85. The Kier molecular flexibility index (Phi) is 3.74. The molecule has 1 aliphatic rings. The molecule has 5 nitrogen and oxygen atoms in total. The molecule has 104 valence electrons. The average molecular weight is 274 g/mol. The van der Waals surface area contributed by atoms with E-state index in [1.54, 1.807) is 24.5 Å². The SMILES string of the molecule is COc1ccc(/C(N)=C2\C=CNC=C2C(=N)N)c(F)c1. The molecule has 0 aliphatic carbocycles. The van der Waals surface area contributed by atoms with Gasteiger partial charge in [-0.25, -0.2) is 4.39 Å². The lowest BCUT2D eigenvalue weighted by molar-refractivity contribution is 0.411. The monoisotopic (exact) mass is 274 g/mol. The van der Waals surface area contributed by atoms with Crippen LogP contribution in [0.25, 0.3) is 5.70 Å². The summed E-state index contributed by atoms with van der Waals surface area (Å²) in [5.41, 5.74) is 12.9. The van der Waals surface area contributed by atoms with E-state index in [0.717, 1.165) is 0 Å². The Hall–Kier alpha value is -2.76. The Labute approximate surface area is 115 Å². The summed E-state index contributed by atoms with van der Waals surface area (Å²) in [5.74, 6) is -0.231. The van der Waals surface area contributed by atoms with Gasteiger partial charge in [0.05, 0.1) is 7.11 Å². The van der Waals surface area contributed by atoms with E-state index in [9.17, 15) is 4.39 Å². The van der Waals surface area contributed by atoms with Gasteiger partial charge in [0.1, 0.15) is 17.4 Å². The Morgan fingerprint density at radius 1 is 1.35 bits per heavy atom. The number of nitrogens with two attached hydrogens (primary N) is 2. The number of dihydropyridines is 1. The number of allylic oxidation sites excluding steroid dienone is 1. The molecule has 6 heteroatoms. The lowest BCUT2D eigenvalue weighted by atomic mass is 9.98. The highest BCUT2D eigenvalue weighted by Gasteiger charge is 2.16. The number of ether oxygens (including phenoxy) is 1. The van der Waals surface area contributed by atoms with Crippen molar-refractivity contribution >= 4 is 11.5 Å². The number of amidine groups is 1. The molecule has 0 saturated carbocycles. The lowest BCUT2D eigenvalue weighted by Gasteiger charge is -2.16. The maximum absolute atomic E-state index is 14.0. The van der Waals surface area contributed by atoms with E-state index in [-0.39, 0.29) is 17.1 Å². The second-order valence-electron chi connectivity index (χ2n) is 4.14. The Morgan fingerprint density at radius 3 is 2.70 bits per heavy atom. The lowest BCUT2D eigenvalue weighted by Crippen LogP contribution is -2.20. The van der Waals surface area contributed by atoms with Crippen LogP contribution in [0.3, 0.4) is 0 Å². The van der Waals surface area contributed by atoms with Crippen LogP contribution in [0.1, 0.15) is 5.56 Å². The molecular weight excluding hydrogens is 259 g/mol. The minimum atomic E-state index is -0.496. The van der Waals surface area contributed by atoms with E-state index in [1.807, 2.05) is 0 Å². The molecule has 0 saturated heterocycles. The summed E-state index contributed by atoms with van der Waals surface area (Å²) in [4.78, 5) is 0. The first-order valence-electron chi connectivity index (χ1n) is 5.85. The van der Waals surface area contributed by atoms with Crippen LogP contribution in [0, 0.1) is 11.2 Å². The zero-order valence-corrected chi connectivity index (χ0v) is 10.9. The maximum atomic E-state index is 14.0. The Balaban J connectivity index is 2.53. The number of methoxy groups -OCH3 is 1. The van der Waals surface area contributed by atoms with Crippen LogP contribution in [0.2, 0.25) is 0 Å². The second kappa shape index (κ2) is 5.48. The Bertz CT molecular complexity index is 647. The molecule has 0 unspecified atom stereocenters. The van der Waals surface area contributed by atoms with Crippen LogP contribution >= 0.6 is 0 Å². The van der Waals surface area contributed by atoms with Gasteiger partial charge in [-0.2, -0.15) is 0 Å². The summed E-state index contributed by atoms with van der Waals surface area (Å²) in [6.07, 6.45) is 4.83. The third-order valence-corrected chi connectivity index (χ3v) is 2.91. The number of benzene rings is 1. The zero-order valence-electron chi connectivity index (χ0n) is 10.9. The summed E-state index contributed by atoms with van der Waals surface area (Å²) in [6, 6.07) is 4.41. The van der Waals surface area contributed by atoms with Crippen LogP contribution in [0.5, 0.6) is 5.75 Å². The highest BCUT2D eigenvalue weighted by molar-refractivity contribution is 6.02. The van der Waals surface area contributed by atoms with Gasteiger partial charge < -0.3 is 21.5 Å². The van der Waals surface area contributed by atoms with Gasteiger partial charge in [-0.3, -0.25) is 5.41 Å². The van der Waals surface area contributed by atoms with Crippen molar-refractivity contribution in [1.82, 2.24) is 5.32 Å². The number of halogens is 1. The summed E-state index contributed by atoms with van der Waals surface area (Å²) in [5, 5.41) is 10.3. The predicted octanol–water partition coefficient (Wildman–Crippen LogP) is 1.44. The van der Waals surface area contributed by atoms with Gasteiger partial charge in [0.25, 0.3) is 0 Å². The third kappa shape index (κ3) is 2.49. The topological polar surface area (TPSA) is 97.1 Å². The second-order valence-corrected chi connectivity index (χ2v) is 4.14. The molecule has 0 spiro atoms. The standard InChI is InChI=1S/C14H15FN4O/c1-20-8-2-3-10(12(15)6-8)13(16)9-4-5-19-7-11(9)14(17)18/h2-7,19H,16H2,1H3,(H3,17,18)/b13-9-. The number of nitrogens with one attached hydrogen (secondary N) is 2. The van der Waals surface area contributed by atoms with E-state index < -0.39 is 5.82 Å². The molecular formula is C14H15FN4O. The van der Waals surface area contributed by atoms with Crippen molar-refractivity contribution in [2.24, 2.45) is 11.5 Å². The summed E-state index contributed by atoms with van der Waals surface area (Å²) in [7, 11) is 1.46. The average Bonchev–Trinajstić information content (AvgIpc) is 2.46. The van der Waals surface area contributed by atoms with Crippen LogP contribution in [-0.2, 0) is 0 Å². The minimum Gasteiger partial charge on any atom is -0.497 e. The molecule has 20 heavy (non-hydrogen) atoms. The fourth-order valence-corrected chi connectivity index (χ4v) is 1.87. The first kappa shape index (κ1) is 13.7. The molecule has 1 aromatic carbocycles. The summed E-state index contributed by atoms with van der Waals surface area (Å²) in [6.45, 7) is 0. The van der Waals surface area contributed by atoms with Crippen LogP contribution in [0.4, 0.5) is 4.39 Å². The molecule has 2 rings (SSSR count). The van der Waals surface area contributed by atoms with E-state index >= 15 is 0 Å². The smallest absolute Gasteiger partial charge is 0.136 e. The molecule has 0 bridgehead atoms. The van der Waals surface area contributed by atoms with Crippen molar-refractivity contribution < 1.29 is 9.13 Å². The molecule has 0 atom stereocenters. The molecule has 0 amide bonds. The molecule has 0 aromatic heterocycles. The fourth-order valence-electron chi connectivity index (χ4n) is 1.87. The molecule has 1 aliphatic heterocycles. The number of rotatable bonds is 3. The largest absolute Gasteiger partial charge is 0.497 e. The molecule has 1 aromatic rings. The quantitative estimate of drug-likeness (QED) is 0.495. The van der Waals surface area contributed by atoms with Gasteiger partial charge in [-0.15, -0.1) is 0 Å². The molecule has 0 radical (unpaired) electrons. The molecule has 6 N–H and O–H groups in total. The van der Waals surface area contributed by atoms with Crippen molar-refractivity contribution in [2.75, 3.05) is 7.11 Å². The first-order chi connectivity index (χ1) is 9.54. The van der Waals surface area contributed by atoms with E-state index in [1.165, 1.54) is 19.2 Å². The number of hydrogen-bond acceptors (Lipinski definition) is 4. The van der Waals surface area contributed by atoms with Gasteiger partial charge in [-0.05, 0) is 18.2 Å². The fraction of sp³-hybridized carbons (Fsp3) is 0.0714. The van der Waals surface area contributed by atoms with Crippen molar-refractivity contribution in [1.29, 1.82) is 5.41 Å². The van der Waals surface area contributed by atoms with Gasteiger partial charge >= 0.3 is 0 Å². The third-order valence-electron chi connectivity index (χ3n) is 2.91. The highest BCUT2D eigenvalue weighted by Crippen LogP contribution is 2.26. The highest BCUT2D eigenvalue weighted by atomic mass is 19.1. The number of hydrogen-bond donors (Lipinski definition) is 4.